The molecule has 1 aromatic heterocycles. The monoisotopic (exact) mass is 556 g/mol. The fourth-order valence-corrected chi connectivity index (χ4v) is 6.03. The molecule has 2 aromatic carbocycles. The van der Waals surface area contributed by atoms with Crippen molar-refractivity contribution in [2.45, 2.75) is 64.4 Å². The molecule has 2 heterocycles. The number of carbonyl (C=O) groups excluding carboxylic acids is 2. The van der Waals surface area contributed by atoms with Crippen LogP contribution in [0.2, 0.25) is 18.1 Å². The number of carbonyl (C=O) groups is 2. The van der Waals surface area contributed by atoms with E-state index in [0.29, 0.717) is 24.7 Å². The van der Waals surface area contributed by atoms with E-state index in [9.17, 15) is 14.3 Å². The molecule has 208 valence electrons. The molecule has 1 aliphatic heterocycles. The van der Waals surface area contributed by atoms with Crippen LogP contribution in [-0.4, -0.2) is 60.4 Å². The second kappa shape index (κ2) is 11.5. The second-order valence-corrected chi connectivity index (χ2v) is 16.6. The number of amides is 2. The van der Waals surface area contributed by atoms with Gasteiger partial charge in [-0.3, -0.25) is 0 Å². The Morgan fingerprint density at radius 3 is 2.20 bits per heavy atom. The molecule has 40 heavy (non-hydrogen) atoms. The molecule has 0 saturated heterocycles. The van der Waals surface area contributed by atoms with E-state index in [4.69, 9.17) is 9.41 Å². The van der Waals surface area contributed by atoms with Crippen LogP contribution in [0.25, 0.3) is 11.3 Å². The molecule has 0 aliphatic carbocycles. The molecule has 0 N–H and O–H groups in total. The van der Waals surface area contributed by atoms with E-state index < -0.39 is 14.4 Å². The van der Waals surface area contributed by atoms with Crippen LogP contribution < -0.4 is 0 Å². The summed E-state index contributed by atoms with van der Waals surface area (Å²) in [6.45, 7) is 13.3. The molecule has 8 nitrogen and oxygen atoms in total. The van der Waals surface area contributed by atoms with Gasteiger partial charge < -0.3 is 4.43 Å². The van der Waals surface area contributed by atoms with E-state index in [1.807, 2.05) is 42.1 Å². The summed E-state index contributed by atoms with van der Waals surface area (Å²) in [6, 6.07) is 14.3. The van der Waals surface area contributed by atoms with Crippen molar-refractivity contribution in [2.24, 2.45) is 12.0 Å². The van der Waals surface area contributed by atoms with Gasteiger partial charge in [-0.1, -0.05) is 20.8 Å². The van der Waals surface area contributed by atoms with Crippen molar-refractivity contribution >= 4 is 33.4 Å². The van der Waals surface area contributed by atoms with Gasteiger partial charge in [0.25, 0.3) is 0 Å². The van der Waals surface area contributed by atoms with Gasteiger partial charge in [-0.15, -0.1) is 0 Å². The molecule has 2 atom stereocenters. The number of aliphatic imine (C=N–C) groups is 1. The summed E-state index contributed by atoms with van der Waals surface area (Å²) in [4.78, 5) is 36.1. The molecule has 0 saturated carbocycles. The normalized spacial score (nSPS) is 15.4. The van der Waals surface area contributed by atoms with Crippen LogP contribution >= 0.6 is 0 Å². The van der Waals surface area contributed by atoms with Crippen LogP contribution in [0.3, 0.4) is 0 Å². The summed E-state index contributed by atoms with van der Waals surface area (Å²) >= 11 is 0. The number of imide groups is 1. The standard InChI is InChI=1S/C30H37BN4O4Si/c1-20(39-40(6,7)30(2,3)4)27-33-26(18-34(27)5)22-14-12-21(13-15-22)16-23(32-19-31-38)17-35-28(36)24-10-8-9-11-25(24)29(35)37/h8-15,18-20,23H,16-17H2,1-7H3. The fraction of sp³-hybridized carbons (Fsp3) is 0.400. The Labute approximate surface area is 237 Å². The van der Waals surface area contributed by atoms with Gasteiger partial charge in [0.15, 0.2) is 8.32 Å². The van der Waals surface area contributed by atoms with Crippen LogP contribution in [-0.2, 0) is 22.6 Å². The number of fused-ring (bicyclic) bond motifs is 1. The van der Waals surface area contributed by atoms with Gasteiger partial charge in [-0.25, -0.2) is 0 Å². The quantitative estimate of drug-likeness (QED) is 0.188. The first-order chi connectivity index (χ1) is 18.8. The van der Waals surface area contributed by atoms with Crippen molar-refractivity contribution in [1.82, 2.24) is 14.5 Å². The van der Waals surface area contributed by atoms with E-state index >= 15 is 0 Å². The molecule has 0 fully saturated rings. The fourth-order valence-electron chi connectivity index (χ4n) is 4.69. The van der Waals surface area contributed by atoms with Gasteiger partial charge in [0.2, 0.25) is 0 Å². The number of rotatable bonds is 10. The maximum absolute atomic E-state index is 12.8. The molecular weight excluding hydrogens is 519 g/mol. The van der Waals surface area contributed by atoms with Crippen molar-refractivity contribution in [3.63, 3.8) is 0 Å². The topological polar surface area (TPSA) is 93.9 Å². The summed E-state index contributed by atoms with van der Waals surface area (Å²) < 4.78 is 19.6. The number of aromatic nitrogens is 2. The molecule has 3 aromatic rings. The van der Waals surface area contributed by atoms with Crippen LogP contribution in [0.1, 0.15) is 65.9 Å². The Kier molecular flexibility index (Phi) is 8.51. The van der Waals surface area contributed by atoms with Crippen LogP contribution in [0.5, 0.6) is 0 Å². The summed E-state index contributed by atoms with van der Waals surface area (Å²) in [5, 5.41) is 0.109. The van der Waals surface area contributed by atoms with Crippen LogP contribution in [0, 0.1) is 0 Å². The number of aryl methyl sites for hydroxylation is 1. The van der Waals surface area contributed by atoms with E-state index in [0.717, 1.165) is 22.6 Å². The van der Waals surface area contributed by atoms with E-state index in [-0.39, 0.29) is 29.5 Å². The van der Waals surface area contributed by atoms with Crippen LogP contribution in [0.4, 0.5) is 0 Å². The molecular formula is C30H37BN4O4Si. The molecule has 10 heteroatoms. The third-order valence-electron chi connectivity index (χ3n) is 7.90. The minimum atomic E-state index is -1.95. The van der Waals surface area contributed by atoms with Crippen LogP contribution in [0.15, 0.2) is 59.7 Å². The average molecular weight is 557 g/mol. The van der Waals surface area contributed by atoms with Gasteiger partial charge in [-0.2, -0.15) is 0 Å². The van der Waals surface area contributed by atoms with E-state index in [2.05, 4.69) is 45.8 Å². The zero-order valence-corrected chi connectivity index (χ0v) is 25.3. The molecule has 2 unspecified atom stereocenters. The first-order valence-corrected chi connectivity index (χ1v) is 16.5. The summed E-state index contributed by atoms with van der Waals surface area (Å²) in [5.41, 5.74) is 3.59. The van der Waals surface area contributed by atoms with Crippen molar-refractivity contribution in [3.8, 4) is 11.3 Å². The van der Waals surface area contributed by atoms with Crippen molar-refractivity contribution < 1.29 is 18.7 Å². The number of benzene rings is 2. The minimum absolute atomic E-state index is 0.0914. The number of imidazole rings is 1. The van der Waals surface area contributed by atoms with Crippen molar-refractivity contribution in [2.75, 3.05) is 6.54 Å². The Morgan fingerprint density at radius 2 is 1.65 bits per heavy atom. The van der Waals surface area contributed by atoms with Gasteiger partial charge in [-0.05, 0) is 25.1 Å². The Balaban J connectivity index is 1.48. The Bertz CT molecular complexity index is 1410. The maximum atomic E-state index is 12.8. The first-order valence-electron chi connectivity index (χ1n) is 13.5. The third kappa shape index (κ3) is 6.13. The van der Waals surface area contributed by atoms with E-state index in [1.54, 1.807) is 24.3 Å². The molecule has 0 radical (unpaired) electrons. The summed E-state index contributed by atoms with van der Waals surface area (Å²) in [7, 11) is 0.641. The molecule has 1 aliphatic rings. The first kappa shape index (κ1) is 29.5. The van der Waals surface area contributed by atoms with E-state index in [1.165, 1.54) is 11.0 Å². The van der Waals surface area contributed by atoms with Crippen molar-refractivity contribution in [1.29, 1.82) is 0 Å². The second-order valence-electron chi connectivity index (χ2n) is 11.9. The number of hydrogen-bond donors (Lipinski definition) is 0. The van der Waals surface area contributed by atoms with Gasteiger partial charge in [0.05, 0.1) is 0 Å². The zero-order chi connectivity index (χ0) is 29.2. The number of nitrogens with zero attached hydrogens (tertiary/aromatic N) is 4. The average Bonchev–Trinajstić information content (AvgIpc) is 3.40. The molecule has 0 bridgehead atoms. The summed E-state index contributed by atoms with van der Waals surface area (Å²) in [5.74, 6) is 0.216. The SMILES string of the molecule is CC(O[Si](C)(C)C(C)(C)C)c1nc(-c2ccc(CC(CN3C(=O)c4ccccc4C3=O)N=CB=O)cc2)cn1C. The van der Waals surface area contributed by atoms with Crippen molar-refractivity contribution in [3.05, 3.63) is 77.2 Å². The predicted molar refractivity (Wildman–Crippen MR) is 160 cm³/mol. The van der Waals surface area contributed by atoms with Gasteiger partial charge in [0.1, 0.15) is 0 Å². The molecule has 0 spiro atoms. The summed E-state index contributed by atoms with van der Waals surface area (Å²) in [6.07, 6.45) is 3.52. The van der Waals surface area contributed by atoms with Gasteiger partial charge in [0, 0.05) is 0 Å². The Morgan fingerprint density at radius 1 is 1.05 bits per heavy atom. The number of hydrogen-bond acceptors (Lipinski definition) is 6. The molecule has 4 rings (SSSR count). The zero-order valence-electron chi connectivity index (χ0n) is 24.3. The predicted octanol–water partition coefficient (Wildman–Crippen LogP) is 5.46. The Hall–Kier alpha value is -3.50. The van der Waals surface area contributed by atoms with Gasteiger partial charge >= 0.3 is 179 Å². The third-order valence-corrected chi connectivity index (χ3v) is 12.5. The molecule has 2 amide bonds.